The summed E-state index contributed by atoms with van der Waals surface area (Å²) in [6, 6.07) is 12.0. The predicted molar refractivity (Wildman–Crippen MR) is 102 cm³/mol. The summed E-state index contributed by atoms with van der Waals surface area (Å²) >= 11 is 0. The van der Waals surface area contributed by atoms with E-state index < -0.39 is 9.84 Å². The Morgan fingerprint density at radius 3 is 2.24 bits per heavy atom. The molecular formula is C20H27NO3S. The van der Waals surface area contributed by atoms with E-state index in [1.165, 1.54) is 0 Å². The third-order valence-electron chi connectivity index (χ3n) is 4.34. The first-order chi connectivity index (χ1) is 11.9. The molecule has 25 heavy (non-hydrogen) atoms. The molecule has 0 N–H and O–H groups in total. The first-order valence-corrected chi connectivity index (χ1v) is 10.6. The van der Waals surface area contributed by atoms with Gasteiger partial charge in [0.2, 0.25) is 0 Å². The van der Waals surface area contributed by atoms with Gasteiger partial charge in [0.05, 0.1) is 11.0 Å². The van der Waals surface area contributed by atoms with Crippen molar-refractivity contribution in [3.05, 3.63) is 54.4 Å². The van der Waals surface area contributed by atoms with Crippen molar-refractivity contribution in [1.82, 2.24) is 4.57 Å². The molecule has 2 rings (SSSR count). The lowest BCUT2D eigenvalue weighted by Crippen LogP contribution is -2.17. The SMILES string of the molecule is CC(C)S(=O)(=O)CCCCCC(=O)Cc1ccc(-n2cccc2)cc1. The quantitative estimate of drug-likeness (QED) is 0.602. The minimum atomic E-state index is -2.96. The number of hydrogen-bond acceptors (Lipinski definition) is 3. The van der Waals surface area contributed by atoms with E-state index in [0.717, 1.165) is 24.1 Å². The topological polar surface area (TPSA) is 56.1 Å². The number of carbonyl (C=O) groups is 1. The molecule has 0 unspecified atom stereocenters. The Labute approximate surface area is 150 Å². The van der Waals surface area contributed by atoms with Crippen LogP contribution in [0.25, 0.3) is 5.69 Å². The Hall–Kier alpha value is -1.88. The molecule has 0 spiro atoms. The van der Waals surface area contributed by atoms with Gasteiger partial charge in [-0.15, -0.1) is 0 Å². The van der Waals surface area contributed by atoms with Gasteiger partial charge in [0.25, 0.3) is 0 Å². The van der Waals surface area contributed by atoms with Crippen LogP contribution in [-0.4, -0.2) is 29.8 Å². The lowest BCUT2D eigenvalue weighted by atomic mass is 10.0. The largest absolute Gasteiger partial charge is 0.324 e. The second kappa shape index (κ2) is 8.99. The zero-order valence-corrected chi connectivity index (χ0v) is 15.8. The maximum Gasteiger partial charge on any atom is 0.152 e. The smallest absolute Gasteiger partial charge is 0.152 e. The molecule has 1 aromatic carbocycles. The molecule has 5 heteroatoms. The van der Waals surface area contributed by atoms with Gasteiger partial charge in [0.15, 0.2) is 9.84 Å². The van der Waals surface area contributed by atoms with E-state index in [1.807, 2.05) is 53.4 Å². The van der Waals surface area contributed by atoms with Gasteiger partial charge in [-0.05, 0) is 56.5 Å². The summed E-state index contributed by atoms with van der Waals surface area (Å²) in [4.78, 5) is 12.1. The number of Topliss-reactive ketones (excluding diaryl/α,β-unsaturated/α-hetero) is 1. The monoisotopic (exact) mass is 361 g/mol. The molecule has 4 nitrogen and oxygen atoms in total. The summed E-state index contributed by atoms with van der Waals surface area (Å²) in [6.07, 6.45) is 7.11. The molecule has 1 heterocycles. The van der Waals surface area contributed by atoms with Crippen molar-refractivity contribution in [2.24, 2.45) is 0 Å². The van der Waals surface area contributed by atoms with Crippen LogP contribution in [0.4, 0.5) is 0 Å². The second-order valence-electron chi connectivity index (χ2n) is 6.70. The van der Waals surface area contributed by atoms with Gasteiger partial charge in [-0.1, -0.05) is 18.6 Å². The first kappa shape index (κ1) is 19.4. The van der Waals surface area contributed by atoms with Crippen molar-refractivity contribution in [3.8, 4) is 5.69 Å². The molecule has 0 bridgehead atoms. The van der Waals surface area contributed by atoms with Crippen molar-refractivity contribution in [2.75, 3.05) is 5.75 Å². The molecule has 0 atom stereocenters. The number of unbranched alkanes of at least 4 members (excludes halogenated alkanes) is 2. The number of hydrogen-bond donors (Lipinski definition) is 0. The van der Waals surface area contributed by atoms with Crippen LogP contribution in [0.2, 0.25) is 0 Å². The normalized spacial score (nSPS) is 11.8. The van der Waals surface area contributed by atoms with Crippen LogP contribution in [0.3, 0.4) is 0 Å². The molecule has 0 amide bonds. The summed E-state index contributed by atoms with van der Waals surface area (Å²) in [5, 5.41) is -0.316. The number of carbonyl (C=O) groups excluding carboxylic acids is 1. The summed E-state index contributed by atoms with van der Waals surface area (Å²) in [5.41, 5.74) is 2.09. The Morgan fingerprint density at radius 1 is 1.00 bits per heavy atom. The number of sulfone groups is 1. The van der Waals surface area contributed by atoms with E-state index in [-0.39, 0.29) is 16.8 Å². The Morgan fingerprint density at radius 2 is 1.64 bits per heavy atom. The van der Waals surface area contributed by atoms with Crippen molar-refractivity contribution < 1.29 is 13.2 Å². The van der Waals surface area contributed by atoms with Crippen LogP contribution in [0.1, 0.15) is 45.1 Å². The third kappa shape index (κ3) is 6.16. The maximum atomic E-state index is 12.1. The van der Waals surface area contributed by atoms with E-state index in [4.69, 9.17) is 0 Å². The molecule has 0 aliphatic carbocycles. The average molecular weight is 362 g/mol. The summed E-state index contributed by atoms with van der Waals surface area (Å²) in [7, 11) is -2.96. The number of nitrogens with zero attached hydrogens (tertiary/aromatic N) is 1. The zero-order chi connectivity index (χ0) is 18.3. The number of aromatic nitrogens is 1. The van der Waals surface area contributed by atoms with Gasteiger partial charge in [0.1, 0.15) is 5.78 Å². The summed E-state index contributed by atoms with van der Waals surface area (Å²) < 4.78 is 25.4. The minimum absolute atomic E-state index is 0.209. The van der Waals surface area contributed by atoms with E-state index in [2.05, 4.69) is 0 Å². The van der Waals surface area contributed by atoms with Crippen LogP contribution in [0.15, 0.2) is 48.8 Å². The van der Waals surface area contributed by atoms with Gasteiger partial charge in [-0.3, -0.25) is 4.79 Å². The number of benzene rings is 1. The van der Waals surface area contributed by atoms with Crippen LogP contribution >= 0.6 is 0 Å². The van der Waals surface area contributed by atoms with Crippen molar-refractivity contribution in [2.45, 2.75) is 51.2 Å². The average Bonchev–Trinajstić information content (AvgIpc) is 3.09. The highest BCUT2D eigenvalue weighted by Crippen LogP contribution is 2.12. The molecule has 0 aliphatic heterocycles. The lowest BCUT2D eigenvalue weighted by molar-refractivity contribution is -0.118. The number of ketones is 1. The van der Waals surface area contributed by atoms with Gasteiger partial charge in [-0.2, -0.15) is 0 Å². The first-order valence-electron chi connectivity index (χ1n) is 8.84. The van der Waals surface area contributed by atoms with E-state index >= 15 is 0 Å². The second-order valence-corrected chi connectivity index (χ2v) is 9.38. The lowest BCUT2D eigenvalue weighted by Gasteiger charge is -2.07. The molecule has 0 saturated heterocycles. The Bertz CT molecular complexity index is 760. The van der Waals surface area contributed by atoms with Gasteiger partial charge < -0.3 is 4.57 Å². The fourth-order valence-corrected chi connectivity index (χ4v) is 3.72. The highest BCUT2D eigenvalue weighted by atomic mass is 32.2. The molecule has 1 aromatic heterocycles. The molecule has 0 aliphatic rings. The molecule has 136 valence electrons. The summed E-state index contributed by atoms with van der Waals surface area (Å²) in [5.74, 6) is 0.431. The Kier molecular flexibility index (Phi) is 7.00. The highest BCUT2D eigenvalue weighted by molar-refractivity contribution is 7.91. The number of rotatable bonds is 10. The van der Waals surface area contributed by atoms with Crippen LogP contribution in [0, 0.1) is 0 Å². The highest BCUT2D eigenvalue weighted by Gasteiger charge is 2.15. The predicted octanol–water partition coefficient (Wildman–Crippen LogP) is 3.97. The molecule has 0 saturated carbocycles. The fourth-order valence-electron chi connectivity index (χ4n) is 2.65. The molecular weight excluding hydrogens is 334 g/mol. The van der Waals surface area contributed by atoms with E-state index in [0.29, 0.717) is 19.3 Å². The third-order valence-corrected chi connectivity index (χ3v) is 6.64. The zero-order valence-electron chi connectivity index (χ0n) is 15.0. The van der Waals surface area contributed by atoms with Gasteiger partial charge in [0, 0.05) is 30.9 Å². The maximum absolute atomic E-state index is 12.1. The summed E-state index contributed by atoms with van der Waals surface area (Å²) in [6.45, 7) is 3.42. The standard InChI is InChI=1S/C20H27NO3S/c1-17(2)25(23,24)15-7-3-4-8-20(22)16-18-9-11-19(12-10-18)21-13-5-6-14-21/h5-6,9-14,17H,3-4,7-8,15-16H2,1-2H3. The van der Waals surface area contributed by atoms with E-state index in [9.17, 15) is 13.2 Å². The van der Waals surface area contributed by atoms with Crippen LogP contribution < -0.4 is 0 Å². The minimum Gasteiger partial charge on any atom is -0.324 e. The van der Waals surface area contributed by atoms with Crippen molar-refractivity contribution >= 4 is 15.6 Å². The van der Waals surface area contributed by atoms with Crippen molar-refractivity contribution in [3.63, 3.8) is 0 Å². The van der Waals surface area contributed by atoms with Crippen molar-refractivity contribution in [1.29, 1.82) is 0 Å². The Balaban J connectivity index is 1.70. The van der Waals surface area contributed by atoms with Gasteiger partial charge in [-0.25, -0.2) is 8.42 Å². The van der Waals surface area contributed by atoms with E-state index in [1.54, 1.807) is 13.8 Å². The molecule has 0 radical (unpaired) electrons. The fraction of sp³-hybridized carbons (Fsp3) is 0.450. The molecule has 0 fully saturated rings. The van der Waals surface area contributed by atoms with Gasteiger partial charge >= 0.3 is 0 Å². The van der Waals surface area contributed by atoms with Crippen LogP contribution in [-0.2, 0) is 21.1 Å². The molecule has 2 aromatic rings. The van der Waals surface area contributed by atoms with Crippen LogP contribution in [0.5, 0.6) is 0 Å².